The van der Waals surface area contributed by atoms with E-state index in [4.69, 9.17) is 4.74 Å². The third kappa shape index (κ3) is 2.06. The van der Waals surface area contributed by atoms with Crippen molar-refractivity contribution in [3.8, 4) is 5.75 Å². The van der Waals surface area contributed by atoms with Gasteiger partial charge in [0.25, 0.3) is 0 Å². The van der Waals surface area contributed by atoms with Crippen molar-refractivity contribution in [1.29, 1.82) is 0 Å². The van der Waals surface area contributed by atoms with E-state index in [1.54, 1.807) is 7.11 Å². The Balaban J connectivity index is 1.64. The summed E-state index contributed by atoms with van der Waals surface area (Å²) in [5, 5.41) is 1.81. The van der Waals surface area contributed by atoms with Gasteiger partial charge in [-0.25, -0.2) is 0 Å². The number of ether oxygens (including phenoxy) is 1. The summed E-state index contributed by atoms with van der Waals surface area (Å²) in [5.74, 6) is 3.63. The van der Waals surface area contributed by atoms with Gasteiger partial charge in [0.15, 0.2) is 0 Å². The molecular formula is C18H19NO2S2. The van der Waals surface area contributed by atoms with Gasteiger partial charge in [0.2, 0.25) is 0 Å². The average molecular weight is 345 g/mol. The molecule has 1 aromatic carbocycles. The standard InChI is InChI=1S/C18H19NO2S2/c1-21-12-6-4-9(5-7-12)13-14-10-2-3-11(8-10)15(14)22-17-16(13)23-18(20)19-17/h4-7,10-11,13-15H,2-3,8H2,1H3,(H,19,20)/t10?,11?,13-,14?,15?/m1/s1. The maximum Gasteiger partial charge on any atom is 0.305 e. The van der Waals surface area contributed by atoms with Crippen LogP contribution < -0.4 is 9.61 Å². The lowest BCUT2D eigenvalue weighted by atomic mass is 9.75. The summed E-state index contributed by atoms with van der Waals surface area (Å²) >= 11 is 3.36. The molecule has 120 valence electrons. The monoisotopic (exact) mass is 345 g/mol. The largest absolute Gasteiger partial charge is 0.497 e. The number of benzene rings is 1. The molecule has 1 N–H and O–H groups in total. The highest BCUT2D eigenvalue weighted by Crippen LogP contribution is 2.63. The highest BCUT2D eigenvalue weighted by Gasteiger charge is 2.54. The van der Waals surface area contributed by atoms with Crippen LogP contribution in [0.4, 0.5) is 0 Å². The first-order valence-corrected chi connectivity index (χ1v) is 9.98. The smallest absolute Gasteiger partial charge is 0.305 e. The Morgan fingerprint density at radius 3 is 2.74 bits per heavy atom. The number of methoxy groups -OCH3 is 1. The van der Waals surface area contributed by atoms with Crippen molar-refractivity contribution in [3.63, 3.8) is 0 Å². The Bertz CT molecular complexity index is 794. The molecule has 2 aliphatic carbocycles. The van der Waals surface area contributed by atoms with Crippen LogP contribution in [0.25, 0.3) is 0 Å². The quantitative estimate of drug-likeness (QED) is 0.891. The molecule has 0 amide bonds. The van der Waals surface area contributed by atoms with Crippen LogP contribution in [-0.2, 0) is 0 Å². The number of hydrogen-bond donors (Lipinski definition) is 1. The molecule has 2 bridgehead atoms. The minimum absolute atomic E-state index is 0.0910. The number of rotatable bonds is 2. The fourth-order valence-corrected chi connectivity index (χ4v) is 7.93. The third-order valence-electron chi connectivity index (χ3n) is 5.94. The third-order valence-corrected chi connectivity index (χ3v) is 8.56. The summed E-state index contributed by atoms with van der Waals surface area (Å²) in [4.78, 5) is 16.4. The van der Waals surface area contributed by atoms with E-state index in [1.165, 1.54) is 41.0 Å². The van der Waals surface area contributed by atoms with Crippen LogP contribution in [0.3, 0.4) is 0 Å². The first kappa shape index (κ1) is 14.2. The molecular weight excluding hydrogens is 326 g/mol. The van der Waals surface area contributed by atoms with Gasteiger partial charge < -0.3 is 9.72 Å². The molecule has 3 aliphatic rings. The fraction of sp³-hybridized carbons (Fsp3) is 0.500. The molecule has 0 radical (unpaired) electrons. The highest BCUT2D eigenvalue weighted by atomic mass is 32.2. The first-order chi connectivity index (χ1) is 11.2. The van der Waals surface area contributed by atoms with E-state index in [-0.39, 0.29) is 4.87 Å². The van der Waals surface area contributed by atoms with Crippen LogP contribution in [0.2, 0.25) is 0 Å². The summed E-state index contributed by atoms with van der Waals surface area (Å²) < 4.78 is 5.31. The van der Waals surface area contributed by atoms with Gasteiger partial charge in [0.05, 0.1) is 12.1 Å². The summed E-state index contributed by atoms with van der Waals surface area (Å²) in [6.07, 6.45) is 4.12. The maximum atomic E-state index is 12.0. The van der Waals surface area contributed by atoms with Gasteiger partial charge in [-0.3, -0.25) is 4.79 Å². The predicted octanol–water partition coefficient (Wildman–Crippen LogP) is 4.10. The molecule has 5 heteroatoms. The van der Waals surface area contributed by atoms with Gasteiger partial charge in [-0.1, -0.05) is 23.5 Å². The van der Waals surface area contributed by atoms with Crippen molar-refractivity contribution in [3.05, 3.63) is 44.4 Å². The zero-order valence-electron chi connectivity index (χ0n) is 13.0. The van der Waals surface area contributed by atoms with Crippen molar-refractivity contribution in [1.82, 2.24) is 4.98 Å². The SMILES string of the molecule is COc1ccc([C@H]2c3sc(=O)[nH]c3SC3C4CCC(C4)C32)cc1. The summed E-state index contributed by atoms with van der Waals surface area (Å²) in [6, 6.07) is 8.48. The summed E-state index contributed by atoms with van der Waals surface area (Å²) in [7, 11) is 1.70. The molecule has 2 fully saturated rings. The zero-order chi connectivity index (χ0) is 15.6. The molecule has 5 atom stereocenters. The summed E-state index contributed by atoms with van der Waals surface area (Å²) in [6.45, 7) is 0. The van der Waals surface area contributed by atoms with Gasteiger partial charge in [-0.15, -0.1) is 11.8 Å². The number of H-pyrrole nitrogens is 1. The van der Waals surface area contributed by atoms with Crippen LogP contribution in [0.15, 0.2) is 34.1 Å². The van der Waals surface area contributed by atoms with Crippen LogP contribution in [0.5, 0.6) is 5.75 Å². The van der Waals surface area contributed by atoms with E-state index in [9.17, 15) is 4.79 Å². The fourth-order valence-electron chi connectivity index (χ4n) is 5.03. The van der Waals surface area contributed by atoms with Crippen molar-refractivity contribution >= 4 is 23.1 Å². The molecule has 1 aliphatic heterocycles. The molecule has 5 rings (SSSR count). The Labute approximate surface area is 143 Å². The van der Waals surface area contributed by atoms with Crippen LogP contribution >= 0.6 is 23.1 Å². The highest BCUT2D eigenvalue weighted by molar-refractivity contribution is 8.00. The Hall–Kier alpha value is -1.20. The molecule has 4 unspecified atom stereocenters. The van der Waals surface area contributed by atoms with E-state index in [0.717, 1.165) is 22.6 Å². The molecule has 2 heterocycles. The average Bonchev–Trinajstić information content (AvgIpc) is 3.26. The number of nitrogens with one attached hydrogen (secondary N) is 1. The number of hydrogen-bond acceptors (Lipinski definition) is 4. The van der Waals surface area contributed by atoms with Crippen LogP contribution in [0, 0.1) is 17.8 Å². The molecule has 0 spiro atoms. The Morgan fingerprint density at radius 1 is 1.17 bits per heavy atom. The Morgan fingerprint density at radius 2 is 1.96 bits per heavy atom. The van der Waals surface area contributed by atoms with Gasteiger partial charge in [-0.2, -0.15) is 0 Å². The normalized spacial score (nSPS) is 34.2. The number of aromatic amines is 1. The summed E-state index contributed by atoms with van der Waals surface area (Å²) in [5.41, 5.74) is 1.34. The lowest BCUT2D eigenvalue weighted by Gasteiger charge is -2.40. The second-order valence-electron chi connectivity index (χ2n) is 6.95. The van der Waals surface area contributed by atoms with E-state index < -0.39 is 0 Å². The number of thioether (sulfide) groups is 1. The molecule has 1 aromatic heterocycles. The van der Waals surface area contributed by atoms with Gasteiger partial charge in [0, 0.05) is 16.0 Å². The molecule has 23 heavy (non-hydrogen) atoms. The minimum atomic E-state index is 0.0910. The molecule has 2 saturated carbocycles. The number of fused-ring (bicyclic) bond motifs is 6. The Kier molecular flexibility index (Phi) is 3.17. The predicted molar refractivity (Wildman–Crippen MR) is 93.7 cm³/mol. The van der Waals surface area contributed by atoms with Crippen LogP contribution in [0.1, 0.15) is 35.6 Å². The minimum Gasteiger partial charge on any atom is -0.497 e. The lowest BCUT2D eigenvalue weighted by molar-refractivity contribution is 0.307. The van der Waals surface area contributed by atoms with Crippen molar-refractivity contribution in [2.24, 2.45) is 17.8 Å². The van der Waals surface area contributed by atoms with Gasteiger partial charge >= 0.3 is 4.87 Å². The topological polar surface area (TPSA) is 42.1 Å². The van der Waals surface area contributed by atoms with E-state index in [1.807, 2.05) is 23.9 Å². The maximum absolute atomic E-state index is 12.0. The van der Waals surface area contributed by atoms with Crippen LogP contribution in [-0.4, -0.2) is 17.3 Å². The number of aromatic nitrogens is 1. The molecule has 2 aromatic rings. The van der Waals surface area contributed by atoms with E-state index in [2.05, 4.69) is 17.1 Å². The number of thiazole rings is 1. The van der Waals surface area contributed by atoms with Crippen molar-refractivity contribution in [2.75, 3.05) is 7.11 Å². The van der Waals surface area contributed by atoms with Crippen molar-refractivity contribution < 1.29 is 4.74 Å². The molecule has 3 nitrogen and oxygen atoms in total. The second kappa shape index (κ2) is 5.15. The van der Waals surface area contributed by atoms with Gasteiger partial charge in [-0.05, 0) is 54.7 Å². The first-order valence-electron chi connectivity index (χ1n) is 8.28. The van der Waals surface area contributed by atoms with E-state index in [0.29, 0.717) is 17.1 Å². The van der Waals surface area contributed by atoms with E-state index >= 15 is 0 Å². The lowest BCUT2D eigenvalue weighted by Crippen LogP contribution is -2.33. The zero-order valence-corrected chi connectivity index (χ0v) is 14.6. The second-order valence-corrected chi connectivity index (χ2v) is 9.15. The van der Waals surface area contributed by atoms with Gasteiger partial charge in [0.1, 0.15) is 5.75 Å². The van der Waals surface area contributed by atoms with Crippen molar-refractivity contribution in [2.45, 2.75) is 35.5 Å². The molecule has 0 saturated heterocycles.